The number of alkyl halides is 1. The van der Waals surface area contributed by atoms with Gasteiger partial charge in [0.15, 0.2) is 0 Å². The molecule has 2 rings (SSSR count). The fourth-order valence-electron chi connectivity index (χ4n) is 2.93. The number of amides is 2. The van der Waals surface area contributed by atoms with E-state index in [9.17, 15) is 9.59 Å². The molecule has 122 valence electrons. The SMILES string of the molecule is N#Cc1ccc2c(c1)CCC2CN(CCNC(=O)O)C(=O)CCl. The number of nitrogens with zero attached hydrogens (tertiary/aromatic N) is 2. The van der Waals surface area contributed by atoms with Crippen LogP contribution in [0.5, 0.6) is 0 Å². The number of benzene rings is 1. The van der Waals surface area contributed by atoms with Gasteiger partial charge in [0.25, 0.3) is 0 Å². The topological polar surface area (TPSA) is 93.4 Å². The van der Waals surface area contributed by atoms with Crippen molar-refractivity contribution in [1.82, 2.24) is 10.2 Å². The van der Waals surface area contributed by atoms with Gasteiger partial charge in [-0.1, -0.05) is 6.07 Å². The molecular formula is C16H18ClN3O3. The Morgan fingerprint density at radius 2 is 2.26 bits per heavy atom. The average molecular weight is 336 g/mol. The van der Waals surface area contributed by atoms with Gasteiger partial charge in [0.05, 0.1) is 11.6 Å². The summed E-state index contributed by atoms with van der Waals surface area (Å²) >= 11 is 5.65. The van der Waals surface area contributed by atoms with E-state index in [1.807, 2.05) is 12.1 Å². The number of hydrogen-bond acceptors (Lipinski definition) is 3. The highest BCUT2D eigenvalue weighted by Gasteiger charge is 2.26. The minimum Gasteiger partial charge on any atom is -0.465 e. The smallest absolute Gasteiger partial charge is 0.404 e. The fraction of sp³-hybridized carbons (Fsp3) is 0.438. The number of carbonyl (C=O) groups is 2. The van der Waals surface area contributed by atoms with Crippen molar-refractivity contribution in [3.8, 4) is 6.07 Å². The molecule has 2 amide bonds. The molecule has 0 bridgehead atoms. The average Bonchev–Trinajstić information content (AvgIpc) is 2.94. The summed E-state index contributed by atoms with van der Waals surface area (Å²) < 4.78 is 0. The van der Waals surface area contributed by atoms with E-state index in [1.165, 1.54) is 0 Å². The second-order valence-corrected chi connectivity index (χ2v) is 5.73. The van der Waals surface area contributed by atoms with Crippen LogP contribution in [-0.2, 0) is 11.2 Å². The van der Waals surface area contributed by atoms with E-state index in [4.69, 9.17) is 22.0 Å². The Bertz CT molecular complexity index is 642. The second-order valence-electron chi connectivity index (χ2n) is 5.47. The molecule has 7 heteroatoms. The van der Waals surface area contributed by atoms with Crippen molar-refractivity contribution < 1.29 is 14.7 Å². The van der Waals surface area contributed by atoms with Crippen LogP contribution in [0.4, 0.5) is 4.79 Å². The Morgan fingerprint density at radius 1 is 1.48 bits per heavy atom. The zero-order valence-corrected chi connectivity index (χ0v) is 13.3. The molecule has 1 aliphatic carbocycles. The van der Waals surface area contributed by atoms with E-state index in [0.29, 0.717) is 18.7 Å². The minimum atomic E-state index is -1.11. The van der Waals surface area contributed by atoms with Crippen LogP contribution in [-0.4, -0.2) is 47.5 Å². The first kappa shape index (κ1) is 17.1. The van der Waals surface area contributed by atoms with Crippen molar-refractivity contribution in [2.75, 3.05) is 25.5 Å². The van der Waals surface area contributed by atoms with Gasteiger partial charge in [0.1, 0.15) is 5.88 Å². The third-order valence-electron chi connectivity index (χ3n) is 4.04. The summed E-state index contributed by atoms with van der Waals surface area (Å²) in [6.07, 6.45) is 0.674. The van der Waals surface area contributed by atoms with Crippen LogP contribution in [0, 0.1) is 11.3 Å². The Kier molecular flexibility index (Phi) is 5.83. The van der Waals surface area contributed by atoms with Gasteiger partial charge in [-0.05, 0) is 36.1 Å². The molecule has 1 aliphatic rings. The Labute approximate surface area is 139 Å². The second kappa shape index (κ2) is 7.84. The number of halogens is 1. The van der Waals surface area contributed by atoms with Crippen molar-refractivity contribution in [2.45, 2.75) is 18.8 Å². The Balaban J connectivity index is 2.05. The van der Waals surface area contributed by atoms with Crippen LogP contribution < -0.4 is 5.32 Å². The molecule has 1 aromatic carbocycles. The molecular weight excluding hydrogens is 318 g/mol. The third kappa shape index (κ3) is 4.36. The summed E-state index contributed by atoms with van der Waals surface area (Å²) in [5, 5.41) is 19.8. The molecule has 1 atom stereocenters. The van der Waals surface area contributed by atoms with Crippen molar-refractivity contribution >= 4 is 23.6 Å². The van der Waals surface area contributed by atoms with Crippen molar-refractivity contribution in [3.63, 3.8) is 0 Å². The van der Waals surface area contributed by atoms with E-state index in [0.717, 1.165) is 24.0 Å². The molecule has 23 heavy (non-hydrogen) atoms. The van der Waals surface area contributed by atoms with Crippen LogP contribution in [0.3, 0.4) is 0 Å². The molecule has 6 nitrogen and oxygen atoms in total. The molecule has 0 fully saturated rings. The van der Waals surface area contributed by atoms with Gasteiger partial charge in [0, 0.05) is 25.6 Å². The molecule has 0 saturated carbocycles. The van der Waals surface area contributed by atoms with Gasteiger partial charge >= 0.3 is 6.09 Å². The molecule has 1 aromatic rings. The number of hydrogen-bond donors (Lipinski definition) is 2. The van der Waals surface area contributed by atoms with Gasteiger partial charge in [-0.15, -0.1) is 11.6 Å². The first-order chi connectivity index (χ1) is 11.0. The normalized spacial score (nSPS) is 15.6. The zero-order chi connectivity index (χ0) is 16.8. The quantitative estimate of drug-likeness (QED) is 0.777. The summed E-state index contributed by atoms with van der Waals surface area (Å²) in [6.45, 7) is 0.969. The monoisotopic (exact) mass is 335 g/mol. The molecule has 0 spiro atoms. The van der Waals surface area contributed by atoms with Gasteiger partial charge < -0.3 is 15.3 Å². The maximum Gasteiger partial charge on any atom is 0.404 e. The standard InChI is InChI=1S/C16H18ClN3O3/c17-8-15(21)20(6-5-19-16(22)23)10-13-3-2-12-7-11(9-18)1-4-14(12)13/h1,4,7,13,19H,2-3,5-6,8,10H2,(H,22,23). The largest absolute Gasteiger partial charge is 0.465 e. The Morgan fingerprint density at radius 3 is 2.91 bits per heavy atom. The highest BCUT2D eigenvalue weighted by Crippen LogP contribution is 2.34. The minimum absolute atomic E-state index is 0.125. The first-order valence-corrected chi connectivity index (χ1v) is 7.92. The first-order valence-electron chi connectivity index (χ1n) is 7.38. The number of aryl methyl sites for hydroxylation is 1. The van der Waals surface area contributed by atoms with Crippen LogP contribution in [0.25, 0.3) is 0 Å². The molecule has 0 saturated heterocycles. The molecule has 1 unspecified atom stereocenters. The Hall–Kier alpha value is -2.26. The van der Waals surface area contributed by atoms with Gasteiger partial charge in [0.2, 0.25) is 5.91 Å². The van der Waals surface area contributed by atoms with Crippen LogP contribution in [0.2, 0.25) is 0 Å². The van der Waals surface area contributed by atoms with Gasteiger partial charge in [-0.3, -0.25) is 4.79 Å². The maximum absolute atomic E-state index is 12.0. The van der Waals surface area contributed by atoms with E-state index in [1.54, 1.807) is 11.0 Å². The molecule has 0 aliphatic heterocycles. The fourth-order valence-corrected chi connectivity index (χ4v) is 3.10. The summed E-state index contributed by atoms with van der Waals surface area (Å²) in [6, 6.07) is 7.77. The highest BCUT2D eigenvalue weighted by molar-refractivity contribution is 6.27. The van der Waals surface area contributed by atoms with E-state index in [2.05, 4.69) is 11.4 Å². The number of carboxylic acid groups (broad SMARTS) is 1. The lowest BCUT2D eigenvalue weighted by atomic mass is 9.99. The summed E-state index contributed by atoms with van der Waals surface area (Å²) in [5.74, 6) is -0.143. The van der Waals surface area contributed by atoms with Crippen molar-refractivity contribution in [2.24, 2.45) is 0 Å². The summed E-state index contributed by atoms with van der Waals surface area (Å²) in [4.78, 5) is 24.1. The number of carbonyl (C=O) groups excluding carboxylic acids is 1. The lowest BCUT2D eigenvalue weighted by molar-refractivity contribution is -0.128. The van der Waals surface area contributed by atoms with E-state index >= 15 is 0 Å². The molecule has 0 aromatic heterocycles. The molecule has 0 radical (unpaired) electrons. The number of nitriles is 1. The predicted molar refractivity (Wildman–Crippen MR) is 85.5 cm³/mol. The van der Waals surface area contributed by atoms with E-state index in [-0.39, 0.29) is 24.2 Å². The predicted octanol–water partition coefficient (Wildman–Crippen LogP) is 1.92. The van der Waals surface area contributed by atoms with Crippen molar-refractivity contribution in [3.05, 3.63) is 34.9 Å². The van der Waals surface area contributed by atoms with Crippen LogP contribution in [0.1, 0.15) is 29.0 Å². The van der Waals surface area contributed by atoms with Gasteiger partial charge in [-0.2, -0.15) is 5.26 Å². The zero-order valence-electron chi connectivity index (χ0n) is 12.6. The number of nitrogens with one attached hydrogen (secondary N) is 1. The summed E-state index contributed by atoms with van der Waals surface area (Å²) in [5.41, 5.74) is 2.95. The summed E-state index contributed by atoms with van der Waals surface area (Å²) in [7, 11) is 0. The lowest BCUT2D eigenvalue weighted by Crippen LogP contribution is -2.40. The number of rotatable bonds is 6. The third-order valence-corrected chi connectivity index (χ3v) is 4.27. The van der Waals surface area contributed by atoms with E-state index < -0.39 is 6.09 Å². The molecule has 2 N–H and O–H groups in total. The maximum atomic E-state index is 12.0. The molecule has 0 heterocycles. The van der Waals surface area contributed by atoms with Crippen molar-refractivity contribution in [1.29, 1.82) is 5.26 Å². The van der Waals surface area contributed by atoms with Crippen LogP contribution >= 0.6 is 11.6 Å². The highest BCUT2D eigenvalue weighted by atomic mass is 35.5. The van der Waals surface area contributed by atoms with Gasteiger partial charge in [-0.25, -0.2) is 4.79 Å². The lowest BCUT2D eigenvalue weighted by Gasteiger charge is -2.25. The number of fused-ring (bicyclic) bond motifs is 1. The van der Waals surface area contributed by atoms with Crippen LogP contribution in [0.15, 0.2) is 18.2 Å².